The molecule has 3 amide bonds. The minimum atomic E-state index is -4.21. The quantitative estimate of drug-likeness (QED) is 0.105. The third-order valence-corrected chi connectivity index (χ3v) is 10.7. The Morgan fingerprint density at radius 2 is 1.63 bits per heavy atom. The zero-order valence-corrected chi connectivity index (χ0v) is 33.9. The third kappa shape index (κ3) is 11.9. The second kappa shape index (κ2) is 18.0. The number of aliphatic imine (C=N–C) groups is 1. The van der Waals surface area contributed by atoms with Crippen LogP contribution in [0.5, 0.6) is 5.75 Å². The molecule has 2 heterocycles. The summed E-state index contributed by atoms with van der Waals surface area (Å²) >= 11 is 13.2. The van der Waals surface area contributed by atoms with Gasteiger partial charge < -0.3 is 24.8 Å². The highest BCUT2D eigenvalue weighted by molar-refractivity contribution is 7.89. The Kier molecular flexibility index (Phi) is 14.2. The maximum Gasteiger partial charge on any atom is 0.437 e. The van der Waals surface area contributed by atoms with Crippen molar-refractivity contribution in [2.75, 3.05) is 19.6 Å². The Bertz CT molecular complexity index is 2000. The van der Waals surface area contributed by atoms with Gasteiger partial charge in [0.25, 0.3) is 0 Å². The minimum absolute atomic E-state index is 0.0822. The second-order valence-corrected chi connectivity index (χ2v) is 17.3. The molecule has 1 atom stereocenters. The fourth-order valence-electron chi connectivity index (χ4n) is 5.48. The molecule has 0 aliphatic carbocycles. The number of hydrogen-bond acceptors (Lipinski definition) is 9. The second-order valence-electron chi connectivity index (χ2n) is 14.7. The number of rotatable bonds is 11. The van der Waals surface area contributed by atoms with Gasteiger partial charge in [-0.05, 0) is 98.4 Å². The number of nitrogens with one attached hydrogen (secondary N) is 3. The molecule has 1 saturated heterocycles. The molecule has 4 rings (SSSR count). The number of aryl methyl sites for hydroxylation is 1. The molecule has 0 spiro atoms. The summed E-state index contributed by atoms with van der Waals surface area (Å²) in [5.74, 6) is -0.0868. The minimum Gasteiger partial charge on any atom is -0.487 e. The number of alkyl carbamates (subject to hydrolysis) is 1. The van der Waals surface area contributed by atoms with Crippen molar-refractivity contribution in [1.29, 1.82) is 0 Å². The van der Waals surface area contributed by atoms with Gasteiger partial charge in [-0.3, -0.25) is 10.1 Å². The molecule has 0 radical (unpaired) electrons. The van der Waals surface area contributed by atoms with E-state index >= 15 is 0 Å². The first-order chi connectivity index (χ1) is 25.2. The van der Waals surface area contributed by atoms with Gasteiger partial charge in [-0.15, -0.1) is 4.99 Å². The molecule has 0 saturated carbocycles. The topological polar surface area (TPSA) is 178 Å². The molecule has 14 nitrogen and oxygen atoms in total. The highest BCUT2D eigenvalue weighted by Gasteiger charge is 2.40. The number of unbranched alkanes of at least 4 members (excludes halogenated alkanes) is 1. The number of carbonyl (C=O) groups is 3. The summed E-state index contributed by atoms with van der Waals surface area (Å²) in [6.07, 6.45) is 0.0991. The predicted molar refractivity (Wildman–Crippen MR) is 207 cm³/mol. The van der Waals surface area contributed by atoms with E-state index in [0.29, 0.717) is 42.5 Å². The first-order valence-electron chi connectivity index (χ1n) is 17.6. The number of halogens is 2. The van der Waals surface area contributed by atoms with Crippen LogP contribution in [-0.4, -0.2) is 78.6 Å². The first-order valence-corrected chi connectivity index (χ1v) is 19.8. The molecule has 0 unspecified atom stereocenters. The van der Waals surface area contributed by atoms with Crippen molar-refractivity contribution in [2.45, 2.75) is 103 Å². The van der Waals surface area contributed by atoms with Crippen LogP contribution < -0.4 is 20.7 Å². The maximum atomic E-state index is 14.0. The van der Waals surface area contributed by atoms with Crippen molar-refractivity contribution in [2.24, 2.45) is 4.99 Å². The lowest BCUT2D eigenvalue weighted by Crippen LogP contribution is -2.46. The molecule has 0 bridgehead atoms. The van der Waals surface area contributed by atoms with Crippen LogP contribution in [0.15, 0.2) is 52.4 Å². The summed E-state index contributed by atoms with van der Waals surface area (Å²) in [4.78, 5) is 46.1. The smallest absolute Gasteiger partial charge is 0.437 e. The molecule has 2 aromatic carbocycles. The van der Waals surface area contributed by atoms with Crippen molar-refractivity contribution in [1.82, 2.24) is 25.2 Å². The Morgan fingerprint density at radius 3 is 2.31 bits per heavy atom. The van der Waals surface area contributed by atoms with E-state index in [1.54, 1.807) is 47.6 Å². The van der Waals surface area contributed by atoms with Crippen molar-refractivity contribution in [3.63, 3.8) is 0 Å². The van der Waals surface area contributed by atoms with Crippen LogP contribution >= 0.6 is 23.2 Å². The zero-order valence-electron chi connectivity index (χ0n) is 31.5. The number of ether oxygens (including phenoxy) is 3. The Labute approximate surface area is 326 Å². The average molecular weight is 808 g/mol. The summed E-state index contributed by atoms with van der Waals surface area (Å²) in [6.45, 7) is 12.6. The Balaban J connectivity index is 1.35. The molecule has 3 aromatic rings. The first kappa shape index (κ1) is 42.6. The van der Waals surface area contributed by atoms with Crippen LogP contribution in [0.3, 0.4) is 0 Å². The Hall–Kier alpha value is -4.18. The van der Waals surface area contributed by atoms with Crippen LogP contribution in [-0.2, 0) is 30.9 Å². The monoisotopic (exact) mass is 806 g/mol. The largest absolute Gasteiger partial charge is 0.487 e. The number of benzene rings is 2. The number of carbonyl (C=O) groups excluding carboxylic acids is 3. The predicted octanol–water partition coefficient (Wildman–Crippen LogP) is 6.88. The lowest BCUT2D eigenvalue weighted by atomic mass is 10.2. The van der Waals surface area contributed by atoms with Gasteiger partial charge in [0.15, 0.2) is 0 Å². The fraction of sp³-hybridized carbons (Fsp3) is 0.486. The van der Waals surface area contributed by atoms with Gasteiger partial charge in [-0.25, -0.2) is 23.0 Å². The van der Waals surface area contributed by atoms with Crippen molar-refractivity contribution in [3.8, 4) is 5.75 Å². The van der Waals surface area contributed by atoms with Crippen molar-refractivity contribution in [3.05, 3.63) is 63.8 Å². The van der Waals surface area contributed by atoms with Crippen LogP contribution in [0.4, 0.5) is 9.59 Å². The van der Waals surface area contributed by atoms with E-state index in [1.807, 2.05) is 31.2 Å². The van der Waals surface area contributed by atoms with E-state index < -0.39 is 45.4 Å². The normalized spacial score (nSPS) is 15.5. The van der Waals surface area contributed by atoms with Crippen molar-refractivity contribution < 1.29 is 37.0 Å². The number of hydrogen-bond donors (Lipinski definition) is 3. The highest BCUT2D eigenvalue weighted by Crippen LogP contribution is 2.36. The van der Waals surface area contributed by atoms with Crippen LogP contribution in [0.1, 0.15) is 78.5 Å². The molecule has 54 heavy (non-hydrogen) atoms. The molecular formula is C37H48Cl2N6O8S. The number of sulfonamides is 1. The summed E-state index contributed by atoms with van der Waals surface area (Å²) < 4.78 is 45.7. The van der Waals surface area contributed by atoms with E-state index in [4.69, 9.17) is 37.4 Å². The SMILES string of the molecule is Cc1ccc2cccc(OCc3c(Cl)ccc(S(=O)(=O)N4CCC[C@H]4C(=O)NCCCCN/C(=N\C(=O)OC(C)(C)C)NC(=O)OC(C)(C)C)c3Cl)c2n1. The molecular weight excluding hydrogens is 759 g/mol. The summed E-state index contributed by atoms with van der Waals surface area (Å²) in [5.41, 5.74) is 0.192. The number of amides is 3. The molecule has 1 fully saturated rings. The van der Waals surface area contributed by atoms with Gasteiger partial charge in [-0.1, -0.05) is 41.4 Å². The van der Waals surface area contributed by atoms with Crippen LogP contribution in [0, 0.1) is 6.92 Å². The fourth-order valence-corrected chi connectivity index (χ4v) is 8.00. The number of fused-ring (bicyclic) bond motifs is 1. The van der Waals surface area contributed by atoms with Gasteiger partial charge in [0.1, 0.15) is 40.0 Å². The standard InChI is InChI=1S/C37H48Cl2N6O8S/c1-23-15-16-24-12-10-14-28(31(24)42-23)51-22-25-26(38)17-18-29(30(25)39)54(49,50)45-21-11-13-27(45)32(46)40-19-8-9-20-41-33(43-34(47)52-36(2,3)4)44-35(48)53-37(5,6)7/h10,12,14-18,27H,8-9,11,13,19-22H2,1-7H3,(H,40,46)(H2,41,43,44,47,48)/t27-/m0/s1. The van der Waals surface area contributed by atoms with Crippen LogP contribution in [0.2, 0.25) is 10.0 Å². The van der Waals surface area contributed by atoms with Gasteiger partial charge in [0.2, 0.25) is 21.9 Å². The molecule has 3 N–H and O–H groups in total. The molecule has 1 aromatic heterocycles. The summed E-state index contributed by atoms with van der Waals surface area (Å²) in [7, 11) is -4.21. The average Bonchev–Trinajstić information content (AvgIpc) is 3.56. The number of para-hydroxylation sites is 1. The van der Waals surface area contributed by atoms with E-state index in [9.17, 15) is 22.8 Å². The number of pyridine rings is 1. The highest BCUT2D eigenvalue weighted by atomic mass is 35.5. The summed E-state index contributed by atoms with van der Waals surface area (Å²) in [6, 6.07) is 11.2. The van der Waals surface area contributed by atoms with E-state index in [0.717, 1.165) is 11.1 Å². The molecule has 17 heteroatoms. The maximum absolute atomic E-state index is 14.0. The van der Waals surface area contributed by atoms with Gasteiger partial charge in [0, 0.05) is 41.3 Å². The van der Waals surface area contributed by atoms with Gasteiger partial charge in [0.05, 0.1) is 5.02 Å². The zero-order chi connectivity index (χ0) is 39.8. The molecule has 294 valence electrons. The van der Waals surface area contributed by atoms with Gasteiger partial charge in [-0.2, -0.15) is 4.31 Å². The van der Waals surface area contributed by atoms with E-state index in [2.05, 4.69) is 25.9 Å². The number of guanidine groups is 1. The summed E-state index contributed by atoms with van der Waals surface area (Å²) in [5, 5.41) is 9.17. The number of nitrogens with zero attached hydrogens (tertiary/aromatic N) is 3. The van der Waals surface area contributed by atoms with Crippen molar-refractivity contribution >= 4 is 68.2 Å². The van der Waals surface area contributed by atoms with E-state index in [-0.39, 0.29) is 47.1 Å². The number of aromatic nitrogens is 1. The lowest BCUT2D eigenvalue weighted by molar-refractivity contribution is -0.124. The van der Waals surface area contributed by atoms with Crippen LogP contribution in [0.25, 0.3) is 10.9 Å². The Morgan fingerprint density at radius 1 is 0.944 bits per heavy atom. The van der Waals surface area contributed by atoms with Gasteiger partial charge >= 0.3 is 12.2 Å². The third-order valence-electron chi connectivity index (χ3n) is 7.85. The molecule has 1 aliphatic heterocycles. The van der Waals surface area contributed by atoms with E-state index in [1.165, 1.54) is 16.4 Å². The lowest BCUT2D eigenvalue weighted by Gasteiger charge is -2.24. The molecule has 1 aliphatic rings.